The van der Waals surface area contributed by atoms with Crippen LogP contribution in [0.5, 0.6) is 0 Å². The molecule has 1 N–H and O–H groups in total. The summed E-state index contributed by atoms with van der Waals surface area (Å²) < 4.78 is 25.9. The first-order valence-corrected chi connectivity index (χ1v) is 18.8. The summed E-state index contributed by atoms with van der Waals surface area (Å²) in [6.07, 6.45) is 1.86. The maximum absolute atomic E-state index is 16.2. The number of anilines is 1. The molecule has 4 aromatic rings. The van der Waals surface area contributed by atoms with Crippen LogP contribution in [0.3, 0.4) is 0 Å². The van der Waals surface area contributed by atoms with Gasteiger partial charge in [-0.25, -0.2) is 0 Å². The predicted octanol–water partition coefficient (Wildman–Crippen LogP) is 6.42. The van der Waals surface area contributed by atoms with Gasteiger partial charge >= 0.3 is 0 Å². The lowest BCUT2D eigenvalue weighted by molar-refractivity contribution is -0.146. The largest absolute Gasteiger partial charge is 0.395 e. The van der Waals surface area contributed by atoms with E-state index in [1.165, 1.54) is 0 Å². The molecule has 1 spiro atoms. The number of halogens is 2. The summed E-state index contributed by atoms with van der Waals surface area (Å²) in [6.45, 7) is 6.22. The van der Waals surface area contributed by atoms with E-state index in [1.54, 1.807) is 17.8 Å². The highest BCUT2D eigenvalue weighted by Crippen LogP contribution is 2.60. The number of nitrogens with zero attached hydrogens (tertiary/aromatic N) is 4. The van der Waals surface area contributed by atoms with Crippen molar-refractivity contribution in [3.63, 3.8) is 0 Å². The van der Waals surface area contributed by atoms with Gasteiger partial charge in [-0.3, -0.25) is 9.48 Å². The number of aryl methyl sites for hydroxylation is 1. The van der Waals surface area contributed by atoms with E-state index in [2.05, 4.69) is 39.0 Å². The van der Waals surface area contributed by atoms with Crippen molar-refractivity contribution in [3.05, 3.63) is 111 Å². The highest BCUT2D eigenvalue weighted by Gasteiger charge is 2.66. The Kier molecular flexibility index (Phi) is 8.31. The second-order valence-corrected chi connectivity index (χ2v) is 17.2. The number of fused-ring (bicyclic) bond motifs is 2. The Morgan fingerprint density at radius 1 is 1.09 bits per heavy atom. The summed E-state index contributed by atoms with van der Waals surface area (Å²) in [7, 11) is -3.27. The number of aliphatic hydroxyl groups excluding tert-OH is 1. The Bertz CT molecular complexity index is 1610. The van der Waals surface area contributed by atoms with E-state index in [4.69, 9.17) is 4.74 Å². The van der Waals surface area contributed by atoms with Crippen molar-refractivity contribution in [2.45, 2.75) is 62.7 Å². The Hall–Kier alpha value is -2.93. The van der Waals surface area contributed by atoms with Gasteiger partial charge in [0.15, 0.2) is 5.60 Å². The van der Waals surface area contributed by atoms with Crippen molar-refractivity contribution in [1.82, 2.24) is 15.0 Å². The van der Waals surface area contributed by atoms with E-state index in [9.17, 15) is 9.90 Å². The van der Waals surface area contributed by atoms with E-state index in [0.29, 0.717) is 25.2 Å². The van der Waals surface area contributed by atoms with Crippen LogP contribution >= 0.6 is 22.6 Å². The smallest absolute Gasteiger partial charge is 0.264 e. The van der Waals surface area contributed by atoms with Crippen LogP contribution in [0, 0.1) is 9.49 Å². The topological polar surface area (TPSA) is 80.5 Å². The molecule has 0 aliphatic carbocycles. The second kappa shape index (κ2) is 11.9. The molecule has 0 saturated carbocycles. The minimum absolute atomic E-state index is 0.0850. The molecule has 1 unspecified atom stereocenters. The number of aliphatic hydroxyl groups is 1. The van der Waals surface area contributed by atoms with E-state index >= 15 is 4.11 Å². The molecule has 1 aromatic heterocycles. The number of aromatic nitrogens is 3. The lowest BCUT2D eigenvalue weighted by Gasteiger charge is -2.31. The first kappa shape index (κ1) is 30.1. The van der Waals surface area contributed by atoms with Gasteiger partial charge in [-0.2, -0.15) is 0 Å². The normalized spacial score (nSPS) is 24.1. The highest BCUT2D eigenvalue weighted by molar-refractivity contribution is 14.1. The number of hydrogen-bond donors (Lipinski definition) is 1. The number of carbonyl (C=O) groups excluding carboxylic acids is 1. The fraction of sp³-hybridized carbons (Fsp3) is 0.364. The Morgan fingerprint density at radius 2 is 1.84 bits per heavy atom. The van der Waals surface area contributed by atoms with Gasteiger partial charge in [0.2, 0.25) is 8.41 Å². The minimum atomic E-state index is -3.27. The number of hydrogen-bond acceptors (Lipinski definition) is 5. The van der Waals surface area contributed by atoms with Crippen molar-refractivity contribution < 1.29 is 18.7 Å². The first-order chi connectivity index (χ1) is 20.6. The highest BCUT2D eigenvalue weighted by atomic mass is 127. The zero-order valence-electron chi connectivity index (χ0n) is 24.5. The zero-order valence-corrected chi connectivity index (χ0v) is 27.7. The van der Waals surface area contributed by atoms with Gasteiger partial charge in [0.25, 0.3) is 5.91 Å². The molecule has 0 bridgehead atoms. The molecule has 43 heavy (non-hydrogen) atoms. The van der Waals surface area contributed by atoms with Crippen LogP contribution in [0.1, 0.15) is 41.6 Å². The molecule has 1 fully saturated rings. The fourth-order valence-electron chi connectivity index (χ4n) is 7.14. The number of para-hydroxylation sites is 1. The molecule has 224 valence electrons. The van der Waals surface area contributed by atoms with Gasteiger partial charge < -0.3 is 18.9 Å². The Labute approximate surface area is 266 Å². The average molecular weight is 711 g/mol. The molecule has 7 nitrogen and oxygen atoms in total. The lowest BCUT2D eigenvalue weighted by atomic mass is 9.82. The van der Waals surface area contributed by atoms with Crippen LogP contribution in [0.25, 0.3) is 0 Å². The summed E-state index contributed by atoms with van der Waals surface area (Å²) in [5.41, 5.74) is 2.68. The molecular weight excluding hydrogens is 674 g/mol. The van der Waals surface area contributed by atoms with Crippen molar-refractivity contribution in [2.75, 3.05) is 11.5 Å². The summed E-state index contributed by atoms with van der Waals surface area (Å²) in [5, 5.41) is 18.7. The van der Waals surface area contributed by atoms with E-state index in [-0.39, 0.29) is 29.9 Å². The van der Waals surface area contributed by atoms with Crippen LogP contribution in [0.2, 0.25) is 18.6 Å². The van der Waals surface area contributed by atoms with Gasteiger partial charge in [-0.1, -0.05) is 72.8 Å². The van der Waals surface area contributed by atoms with Gasteiger partial charge in [0.1, 0.15) is 0 Å². The van der Waals surface area contributed by atoms with Crippen LogP contribution in [-0.2, 0) is 28.2 Å². The summed E-state index contributed by atoms with van der Waals surface area (Å²) in [6, 6.07) is 25.7. The maximum atomic E-state index is 16.2. The zero-order chi connectivity index (χ0) is 30.4. The standard InChI is InChI=1S/C33H36FIN4O3Si/c1-22-31(43(2,3)34)30(16-17-38-20-28(36-37-38)26(21-40)24-11-5-4-6-12-24)42-33(22)27-14-7-8-15-29(27)39(32(33)41)19-23-10-9-13-25(35)18-23/h4-15,18,20,22,26,30-31,40H,16-17,19,21H2,1-3H3/t22-,26?,30+,31-,33+/m0/s1. The van der Waals surface area contributed by atoms with Gasteiger partial charge in [0.05, 0.1) is 36.6 Å². The molecule has 2 aliphatic heterocycles. The minimum Gasteiger partial charge on any atom is -0.395 e. The molecular formula is C33H36FIN4O3Si. The quantitative estimate of drug-likeness (QED) is 0.123. The summed E-state index contributed by atoms with van der Waals surface area (Å²) >= 11 is 2.28. The summed E-state index contributed by atoms with van der Waals surface area (Å²) in [5.74, 6) is -0.748. The molecule has 5 atom stereocenters. The SMILES string of the molecule is C[C@H]1[C@H]([Si](C)(C)F)[C@@H](CCn2cc(C(CO)c3ccccc3)nn2)O[C@]12C(=O)N(Cc1cccc(I)c1)c1ccccc12. The first-order valence-electron chi connectivity index (χ1n) is 14.7. The molecule has 10 heteroatoms. The molecule has 6 rings (SSSR count). The lowest BCUT2D eigenvalue weighted by Crippen LogP contribution is -2.45. The van der Waals surface area contributed by atoms with Crippen molar-refractivity contribution in [2.24, 2.45) is 5.92 Å². The molecule has 1 amide bonds. The molecule has 3 heterocycles. The van der Waals surface area contributed by atoms with E-state index in [1.807, 2.05) is 90.8 Å². The number of benzene rings is 3. The van der Waals surface area contributed by atoms with Crippen LogP contribution in [0.15, 0.2) is 85.1 Å². The molecule has 3 aromatic carbocycles. The Morgan fingerprint density at radius 3 is 2.56 bits per heavy atom. The number of carbonyl (C=O) groups is 1. The Balaban J connectivity index is 1.28. The van der Waals surface area contributed by atoms with Gasteiger partial charge in [-0.05, 0) is 71.4 Å². The van der Waals surface area contributed by atoms with Crippen molar-refractivity contribution >= 4 is 42.6 Å². The van der Waals surface area contributed by atoms with Crippen molar-refractivity contribution in [1.29, 1.82) is 0 Å². The average Bonchev–Trinajstić information content (AvgIpc) is 3.64. The third-order valence-corrected chi connectivity index (χ3v) is 12.2. The van der Waals surface area contributed by atoms with Crippen LogP contribution < -0.4 is 4.90 Å². The van der Waals surface area contributed by atoms with Gasteiger partial charge in [0, 0.05) is 33.3 Å². The van der Waals surface area contributed by atoms with Crippen LogP contribution in [0.4, 0.5) is 9.80 Å². The van der Waals surface area contributed by atoms with Crippen molar-refractivity contribution in [3.8, 4) is 0 Å². The molecule has 0 radical (unpaired) electrons. The molecule has 2 aliphatic rings. The summed E-state index contributed by atoms with van der Waals surface area (Å²) in [4.78, 5) is 16.3. The maximum Gasteiger partial charge on any atom is 0.264 e. The monoisotopic (exact) mass is 710 g/mol. The fourth-order valence-corrected chi connectivity index (χ4v) is 10.3. The van der Waals surface area contributed by atoms with Gasteiger partial charge in [-0.15, -0.1) is 5.10 Å². The number of ether oxygens (including phenoxy) is 1. The van der Waals surface area contributed by atoms with Crippen LogP contribution in [-0.4, -0.2) is 47.1 Å². The number of rotatable bonds is 9. The third-order valence-electron chi connectivity index (χ3n) is 9.04. The second-order valence-electron chi connectivity index (χ2n) is 12.2. The molecule has 1 saturated heterocycles. The van der Waals surface area contributed by atoms with E-state index < -0.39 is 20.1 Å². The van der Waals surface area contributed by atoms with E-state index in [0.717, 1.165) is 25.9 Å². The number of amides is 1. The predicted molar refractivity (Wildman–Crippen MR) is 175 cm³/mol. The third kappa shape index (κ3) is 5.47.